The van der Waals surface area contributed by atoms with E-state index in [-0.39, 0.29) is 22.4 Å². The van der Waals surface area contributed by atoms with Crippen LogP contribution < -0.4 is 14.2 Å². The van der Waals surface area contributed by atoms with Crippen molar-refractivity contribution in [3.05, 3.63) is 84.1 Å². The zero-order valence-corrected chi connectivity index (χ0v) is 18.8. The average Bonchev–Trinajstić information content (AvgIpc) is 3.61. The minimum Gasteiger partial charge on any atom is -0.473 e. The van der Waals surface area contributed by atoms with Gasteiger partial charge in [-0.05, 0) is 54.3 Å². The molecule has 1 saturated carbocycles. The van der Waals surface area contributed by atoms with Crippen LogP contribution in [0.2, 0.25) is 0 Å². The topological polar surface area (TPSA) is 114 Å². The summed E-state index contributed by atoms with van der Waals surface area (Å²) in [5, 5.41) is 0. The maximum atomic E-state index is 12.6. The summed E-state index contributed by atoms with van der Waals surface area (Å²) in [6.07, 6.45) is 3.20. The molecule has 1 aliphatic carbocycles. The highest BCUT2D eigenvalue weighted by molar-refractivity contribution is 7.90. The van der Waals surface area contributed by atoms with E-state index in [4.69, 9.17) is 4.74 Å². The molecule has 0 unspecified atom stereocenters. The average molecular weight is 474 g/mol. The Morgan fingerprint density at radius 3 is 2.16 bits per heavy atom. The van der Waals surface area contributed by atoms with Gasteiger partial charge in [-0.1, -0.05) is 30.3 Å². The van der Waals surface area contributed by atoms with E-state index in [1.807, 2.05) is 30.3 Å². The smallest absolute Gasteiger partial charge is 0.240 e. The first kappa shape index (κ1) is 22.4. The van der Waals surface area contributed by atoms with E-state index in [2.05, 4.69) is 14.4 Å². The van der Waals surface area contributed by atoms with Crippen molar-refractivity contribution in [2.75, 3.05) is 0 Å². The quantitative estimate of drug-likeness (QED) is 0.468. The van der Waals surface area contributed by atoms with Crippen LogP contribution in [0, 0.1) is 0 Å². The van der Waals surface area contributed by atoms with Crippen LogP contribution in [0.3, 0.4) is 0 Å². The van der Waals surface area contributed by atoms with Crippen LogP contribution in [0.4, 0.5) is 0 Å². The van der Waals surface area contributed by atoms with Crippen LogP contribution in [0.1, 0.15) is 24.0 Å². The molecule has 1 aromatic heterocycles. The number of aromatic nitrogens is 1. The summed E-state index contributed by atoms with van der Waals surface area (Å²) in [5.74, 6) is 0.392. The second kappa shape index (κ2) is 9.37. The van der Waals surface area contributed by atoms with E-state index in [0.717, 1.165) is 18.4 Å². The molecule has 0 bridgehead atoms. The molecule has 0 radical (unpaired) electrons. The molecule has 0 aliphatic heterocycles. The first-order valence-corrected chi connectivity index (χ1v) is 13.0. The summed E-state index contributed by atoms with van der Waals surface area (Å²) in [6, 6.07) is 18.1. The lowest BCUT2D eigenvalue weighted by Gasteiger charge is -2.10. The Labute approximate surface area is 187 Å². The fourth-order valence-electron chi connectivity index (χ4n) is 2.92. The highest BCUT2D eigenvalue weighted by atomic mass is 32.2. The van der Waals surface area contributed by atoms with Crippen molar-refractivity contribution in [1.82, 2.24) is 14.4 Å². The molecule has 4 rings (SSSR count). The number of ether oxygens (including phenoxy) is 1. The summed E-state index contributed by atoms with van der Waals surface area (Å²) in [5.41, 5.74) is 1.68. The summed E-state index contributed by atoms with van der Waals surface area (Å²) in [7, 11) is -7.46. The van der Waals surface area contributed by atoms with Gasteiger partial charge in [-0.15, -0.1) is 0 Å². The number of nitrogens with one attached hydrogen (secondary N) is 2. The normalized spacial score (nSPS) is 14.2. The molecular weight excluding hydrogens is 450 g/mol. The van der Waals surface area contributed by atoms with Gasteiger partial charge in [-0.25, -0.2) is 31.3 Å². The van der Waals surface area contributed by atoms with Gasteiger partial charge >= 0.3 is 0 Å². The van der Waals surface area contributed by atoms with Crippen molar-refractivity contribution in [2.45, 2.75) is 41.8 Å². The van der Waals surface area contributed by atoms with Crippen molar-refractivity contribution in [3.63, 3.8) is 0 Å². The van der Waals surface area contributed by atoms with Crippen molar-refractivity contribution in [2.24, 2.45) is 0 Å². The molecule has 8 nitrogen and oxygen atoms in total. The molecule has 10 heteroatoms. The maximum absolute atomic E-state index is 12.6. The SMILES string of the molecule is O=S(=O)(NCc1ccnc(OCc2ccccc2)c1)c1ccc(S(=O)(=O)NC2CC2)cc1. The molecule has 32 heavy (non-hydrogen) atoms. The Hall–Kier alpha value is -2.79. The molecule has 1 fully saturated rings. The third kappa shape index (κ3) is 5.92. The molecule has 1 heterocycles. The Kier molecular flexibility index (Phi) is 6.56. The molecule has 0 saturated heterocycles. The van der Waals surface area contributed by atoms with Gasteiger partial charge in [-0.2, -0.15) is 0 Å². The van der Waals surface area contributed by atoms with Crippen molar-refractivity contribution in [1.29, 1.82) is 0 Å². The van der Waals surface area contributed by atoms with E-state index in [1.165, 1.54) is 24.3 Å². The van der Waals surface area contributed by atoms with Gasteiger partial charge in [0, 0.05) is 24.8 Å². The fourth-order valence-corrected chi connectivity index (χ4v) is 5.24. The van der Waals surface area contributed by atoms with Gasteiger partial charge in [0.1, 0.15) is 6.61 Å². The largest absolute Gasteiger partial charge is 0.473 e. The number of benzene rings is 2. The minimum atomic E-state index is -3.83. The lowest BCUT2D eigenvalue weighted by Crippen LogP contribution is -2.26. The van der Waals surface area contributed by atoms with Gasteiger partial charge in [0.05, 0.1) is 9.79 Å². The zero-order valence-electron chi connectivity index (χ0n) is 17.1. The van der Waals surface area contributed by atoms with Gasteiger partial charge in [0.25, 0.3) is 0 Å². The number of hydrogen-bond acceptors (Lipinski definition) is 6. The Balaban J connectivity index is 1.37. The first-order valence-electron chi connectivity index (χ1n) is 10.1. The molecule has 1 aliphatic rings. The van der Waals surface area contributed by atoms with E-state index in [1.54, 1.807) is 18.3 Å². The highest BCUT2D eigenvalue weighted by Gasteiger charge is 2.28. The van der Waals surface area contributed by atoms with Gasteiger partial charge in [0.15, 0.2) is 0 Å². The lowest BCUT2D eigenvalue weighted by molar-refractivity contribution is 0.293. The number of pyridine rings is 1. The molecule has 2 N–H and O–H groups in total. The Bertz CT molecular complexity index is 1270. The highest BCUT2D eigenvalue weighted by Crippen LogP contribution is 2.23. The van der Waals surface area contributed by atoms with Crippen LogP contribution in [0.5, 0.6) is 5.88 Å². The van der Waals surface area contributed by atoms with Crippen molar-refractivity contribution >= 4 is 20.0 Å². The van der Waals surface area contributed by atoms with E-state index in [9.17, 15) is 16.8 Å². The standard InChI is InChI=1S/C22H23N3O5S2/c26-31(27,20-8-10-21(11-9-20)32(28,29)25-19-6-7-19)24-15-18-12-13-23-22(14-18)30-16-17-4-2-1-3-5-17/h1-5,8-14,19,24-25H,6-7,15-16H2. The summed E-state index contributed by atoms with van der Waals surface area (Å²) in [6.45, 7) is 0.393. The van der Waals surface area contributed by atoms with Crippen LogP contribution >= 0.6 is 0 Å². The predicted octanol–water partition coefficient (Wildman–Crippen LogP) is 2.58. The zero-order chi connectivity index (χ0) is 22.6. The van der Waals surface area contributed by atoms with E-state index >= 15 is 0 Å². The molecule has 0 spiro atoms. The minimum absolute atomic E-state index is 0.0162. The maximum Gasteiger partial charge on any atom is 0.240 e. The number of hydrogen-bond donors (Lipinski definition) is 2. The molecule has 0 atom stereocenters. The lowest BCUT2D eigenvalue weighted by atomic mass is 10.2. The summed E-state index contributed by atoms with van der Waals surface area (Å²) in [4.78, 5) is 4.18. The molecular formula is C22H23N3O5S2. The summed E-state index contributed by atoms with van der Waals surface area (Å²) < 4.78 is 60.5. The third-order valence-corrected chi connectivity index (χ3v) is 7.79. The Morgan fingerprint density at radius 1 is 0.844 bits per heavy atom. The van der Waals surface area contributed by atoms with Crippen LogP contribution in [-0.2, 0) is 33.2 Å². The van der Waals surface area contributed by atoms with E-state index < -0.39 is 20.0 Å². The number of nitrogens with zero attached hydrogens (tertiary/aromatic N) is 1. The van der Waals surface area contributed by atoms with Crippen LogP contribution in [-0.4, -0.2) is 27.9 Å². The molecule has 3 aromatic rings. The summed E-state index contributed by atoms with van der Waals surface area (Å²) >= 11 is 0. The van der Waals surface area contributed by atoms with Crippen LogP contribution in [0.25, 0.3) is 0 Å². The van der Waals surface area contributed by atoms with Gasteiger partial charge in [0.2, 0.25) is 25.9 Å². The number of rotatable bonds is 10. The molecule has 168 valence electrons. The predicted molar refractivity (Wildman–Crippen MR) is 119 cm³/mol. The van der Waals surface area contributed by atoms with Crippen LogP contribution in [0.15, 0.2) is 82.7 Å². The van der Waals surface area contributed by atoms with E-state index in [0.29, 0.717) is 18.1 Å². The van der Waals surface area contributed by atoms with Crippen molar-refractivity contribution in [3.8, 4) is 5.88 Å². The van der Waals surface area contributed by atoms with Crippen molar-refractivity contribution < 1.29 is 21.6 Å². The number of sulfonamides is 2. The molecule has 2 aromatic carbocycles. The second-order valence-electron chi connectivity index (χ2n) is 7.47. The fraction of sp³-hybridized carbons (Fsp3) is 0.227. The first-order chi connectivity index (χ1) is 15.3. The monoisotopic (exact) mass is 473 g/mol. The third-order valence-electron chi connectivity index (χ3n) is 4.84. The van der Waals surface area contributed by atoms with Gasteiger partial charge in [-0.3, -0.25) is 0 Å². The second-order valence-corrected chi connectivity index (χ2v) is 10.9. The van der Waals surface area contributed by atoms with Gasteiger partial charge < -0.3 is 4.74 Å². The Morgan fingerprint density at radius 2 is 1.50 bits per heavy atom. The molecule has 0 amide bonds.